The minimum atomic E-state index is -3.41. The van der Waals surface area contributed by atoms with Crippen molar-refractivity contribution in [3.05, 3.63) is 59.8 Å². The lowest BCUT2D eigenvalue weighted by molar-refractivity contribution is 0.597. The zero-order valence-electron chi connectivity index (χ0n) is 17.2. The summed E-state index contributed by atoms with van der Waals surface area (Å²) >= 11 is 6.36. The number of hydrogen-bond acceptors (Lipinski definition) is 5. The number of aromatic nitrogens is 4. The maximum absolute atomic E-state index is 14.8. The van der Waals surface area contributed by atoms with E-state index >= 15 is 0 Å². The summed E-state index contributed by atoms with van der Waals surface area (Å²) in [4.78, 5) is 4.59. The van der Waals surface area contributed by atoms with Gasteiger partial charge in [-0.25, -0.2) is 17.8 Å². The normalized spacial score (nSPS) is 12.1. The number of imidazole rings is 1. The Kier molecular flexibility index (Phi) is 5.53. The van der Waals surface area contributed by atoms with Gasteiger partial charge in [0.2, 0.25) is 0 Å². The molecule has 0 N–H and O–H groups in total. The van der Waals surface area contributed by atoms with Gasteiger partial charge in [0, 0.05) is 27.8 Å². The van der Waals surface area contributed by atoms with Crippen molar-refractivity contribution in [2.75, 3.05) is 5.75 Å². The SMILES string of the molecule is CCS(=O)(=O)c1ccc(-c2cc(-c3cnnc4c3ncn4C(C)C)ccc2F)c(Cl)c1. The Balaban J connectivity index is 1.85. The first-order valence-electron chi connectivity index (χ1n) is 9.73. The molecule has 2 aromatic carbocycles. The monoisotopic (exact) mass is 458 g/mol. The minimum absolute atomic E-state index is 0.0411. The molecular formula is C22H20ClFN4O2S. The molecule has 0 saturated carbocycles. The first kappa shape index (κ1) is 21.4. The summed E-state index contributed by atoms with van der Waals surface area (Å²) in [5.41, 5.74) is 3.39. The number of nitrogens with zero attached hydrogens (tertiary/aromatic N) is 4. The van der Waals surface area contributed by atoms with Crippen LogP contribution in [0, 0.1) is 5.82 Å². The van der Waals surface area contributed by atoms with Crippen LogP contribution in [0.25, 0.3) is 33.4 Å². The molecule has 6 nitrogen and oxygen atoms in total. The van der Waals surface area contributed by atoms with Crippen LogP contribution in [-0.4, -0.2) is 33.9 Å². The van der Waals surface area contributed by atoms with Crippen molar-refractivity contribution in [1.29, 1.82) is 0 Å². The third kappa shape index (κ3) is 3.81. The summed E-state index contributed by atoms with van der Waals surface area (Å²) in [6.07, 6.45) is 3.30. The summed E-state index contributed by atoms with van der Waals surface area (Å²) in [5.74, 6) is -0.511. The second-order valence-corrected chi connectivity index (χ2v) is 10.1. The molecule has 0 spiro atoms. The molecule has 31 heavy (non-hydrogen) atoms. The lowest BCUT2D eigenvalue weighted by Crippen LogP contribution is -2.03. The molecule has 0 aliphatic heterocycles. The van der Waals surface area contributed by atoms with E-state index < -0.39 is 15.7 Å². The van der Waals surface area contributed by atoms with E-state index in [4.69, 9.17) is 11.6 Å². The fraction of sp³-hybridized carbons (Fsp3) is 0.227. The number of rotatable bonds is 5. The summed E-state index contributed by atoms with van der Waals surface area (Å²) in [6, 6.07) is 9.16. The van der Waals surface area contributed by atoms with Crippen LogP contribution in [0.15, 0.2) is 53.8 Å². The molecule has 0 fully saturated rings. The Morgan fingerprint density at radius 1 is 1.10 bits per heavy atom. The van der Waals surface area contributed by atoms with Crippen LogP contribution in [0.5, 0.6) is 0 Å². The zero-order chi connectivity index (χ0) is 22.3. The molecule has 0 saturated heterocycles. The fourth-order valence-corrected chi connectivity index (χ4v) is 4.66. The molecule has 9 heteroatoms. The standard InChI is InChI=1S/C22H20ClFN4O2S/c1-4-31(29,30)15-6-7-16(19(23)10-15)17-9-14(5-8-20(17)24)18-11-26-27-22-21(18)25-12-28(22)13(2)3/h5-13H,4H2,1-3H3. The van der Waals surface area contributed by atoms with Crippen molar-refractivity contribution in [3.63, 3.8) is 0 Å². The van der Waals surface area contributed by atoms with E-state index in [-0.39, 0.29) is 27.3 Å². The highest BCUT2D eigenvalue weighted by molar-refractivity contribution is 7.91. The summed E-state index contributed by atoms with van der Waals surface area (Å²) < 4.78 is 40.9. The third-order valence-corrected chi connectivity index (χ3v) is 7.21. The van der Waals surface area contributed by atoms with Crippen molar-refractivity contribution in [2.24, 2.45) is 0 Å². The topological polar surface area (TPSA) is 77.7 Å². The second kappa shape index (κ2) is 8.01. The van der Waals surface area contributed by atoms with Gasteiger partial charge in [0.05, 0.1) is 23.2 Å². The van der Waals surface area contributed by atoms with Gasteiger partial charge in [0.15, 0.2) is 15.5 Å². The van der Waals surface area contributed by atoms with Gasteiger partial charge in [0.25, 0.3) is 0 Å². The Morgan fingerprint density at radius 2 is 1.87 bits per heavy atom. The number of halogens is 2. The molecule has 0 aliphatic carbocycles. The molecular weight excluding hydrogens is 439 g/mol. The highest BCUT2D eigenvalue weighted by Crippen LogP contribution is 2.36. The lowest BCUT2D eigenvalue weighted by Gasteiger charge is -2.11. The van der Waals surface area contributed by atoms with Crippen LogP contribution in [-0.2, 0) is 9.84 Å². The molecule has 160 valence electrons. The van der Waals surface area contributed by atoms with E-state index in [1.807, 2.05) is 18.4 Å². The number of fused-ring (bicyclic) bond motifs is 1. The van der Waals surface area contributed by atoms with Gasteiger partial charge in [-0.3, -0.25) is 0 Å². The smallest absolute Gasteiger partial charge is 0.183 e. The summed E-state index contributed by atoms with van der Waals surface area (Å²) in [5, 5.41) is 8.46. The first-order valence-corrected chi connectivity index (χ1v) is 11.8. The molecule has 2 heterocycles. The van der Waals surface area contributed by atoms with Crippen LogP contribution in [0.1, 0.15) is 26.8 Å². The third-order valence-electron chi connectivity index (χ3n) is 5.17. The van der Waals surface area contributed by atoms with Gasteiger partial charge >= 0.3 is 0 Å². The van der Waals surface area contributed by atoms with Gasteiger partial charge < -0.3 is 4.57 Å². The highest BCUT2D eigenvalue weighted by atomic mass is 35.5. The predicted molar refractivity (Wildman–Crippen MR) is 119 cm³/mol. The van der Waals surface area contributed by atoms with E-state index in [2.05, 4.69) is 15.2 Å². The van der Waals surface area contributed by atoms with E-state index in [0.29, 0.717) is 27.9 Å². The molecule has 0 unspecified atom stereocenters. The van der Waals surface area contributed by atoms with Crippen molar-refractivity contribution in [2.45, 2.75) is 31.7 Å². The van der Waals surface area contributed by atoms with Crippen molar-refractivity contribution >= 4 is 32.6 Å². The van der Waals surface area contributed by atoms with E-state index in [0.717, 1.165) is 0 Å². The van der Waals surface area contributed by atoms with E-state index in [1.165, 1.54) is 24.3 Å². The lowest BCUT2D eigenvalue weighted by atomic mass is 9.99. The quantitative estimate of drug-likeness (QED) is 0.404. The van der Waals surface area contributed by atoms with Gasteiger partial charge in [-0.05, 0) is 43.7 Å². The summed E-state index contributed by atoms with van der Waals surface area (Å²) in [6.45, 7) is 5.61. The Bertz CT molecular complexity index is 1400. The van der Waals surface area contributed by atoms with Crippen molar-refractivity contribution < 1.29 is 12.8 Å². The van der Waals surface area contributed by atoms with Crippen LogP contribution in [0.4, 0.5) is 4.39 Å². The number of sulfone groups is 1. The van der Waals surface area contributed by atoms with Crippen LogP contribution >= 0.6 is 11.6 Å². The van der Waals surface area contributed by atoms with Crippen molar-refractivity contribution in [1.82, 2.24) is 19.7 Å². The van der Waals surface area contributed by atoms with Gasteiger partial charge in [0.1, 0.15) is 11.3 Å². The molecule has 0 atom stereocenters. The maximum Gasteiger partial charge on any atom is 0.183 e. The second-order valence-electron chi connectivity index (χ2n) is 7.42. The van der Waals surface area contributed by atoms with Crippen LogP contribution in [0.3, 0.4) is 0 Å². The van der Waals surface area contributed by atoms with Gasteiger partial charge in [-0.1, -0.05) is 30.7 Å². The molecule has 0 radical (unpaired) electrons. The summed E-state index contributed by atoms with van der Waals surface area (Å²) in [7, 11) is -3.41. The highest BCUT2D eigenvalue weighted by Gasteiger charge is 2.18. The largest absolute Gasteiger partial charge is 0.311 e. The average Bonchev–Trinajstić information content (AvgIpc) is 3.19. The first-order chi connectivity index (χ1) is 14.7. The van der Waals surface area contributed by atoms with Crippen molar-refractivity contribution in [3.8, 4) is 22.3 Å². The van der Waals surface area contributed by atoms with Crippen LogP contribution < -0.4 is 0 Å². The van der Waals surface area contributed by atoms with Crippen LogP contribution in [0.2, 0.25) is 5.02 Å². The predicted octanol–water partition coefficient (Wildman–Crippen LogP) is 5.33. The molecule has 4 aromatic rings. The molecule has 4 rings (SSSR count). The van der Waals surface area contributed by atoms with Gasteiger partial charge in [-0.2, -0.15) is 5.10 Å². The minimum Gasteiger partial charge on any atom is -0.311 e. The van der Waals surface area contributed by atoms with Gasteiger partial charge in [-0.15, -0.1) is 5.10 Å². The Morgan fingerprint density at radius 3 is 2.55 bits per heavy atom. The molecule has 0 bridgehead atoms. The van der Waals surface area contributed by atoms with E-state index in [1.54, 1.807) is 31.6 Å². The number of hydrogen-bond donors (Lipinski definition) is 0. The molecule has 2 aromatic heterocycles. The van der Waals surface area contributed by atoms with E-state index in [9.17, 15) is 12.8 Å². The Hall–Kier alpha value is -2.84. The average molecular weight is 459 g/mol. The Labute approximate surface area is 184 Å². The zero-order valence-corrected chi connectivity index (χ0v) is 18.7. The maximum atomic E-state index is 14.8. The number of benzene rings is 2. The molecule has 0 aliphatic rings. The molecule has 0 amide bonds. The fourth-order valence-electron chi connectivity index (χ4n) is 3.41.